The molecule has 1 heterocycles. The number of hydrogen-bond donors (Lipinski definition) is 1. The first-order valence-electron chi connectivity index (χ1n) is 7.58. The predicted octanol–water partition coefficient (Wildman–Crippen LogP) is 3.96. The van der Waals surface area contributed by atoms with Crippen molar-refractivity contribution in [3.63, 3.8) is 0 Å². The van der Waals surface area contributed by atoms with E-state index < -0.39 is 0 Å². The van der Waals surface area contributed by atoms with E-state index in [-0.39, 0.29) is 5.54 Å². The van der Waals surface area contributed by atoms with Crippen LogP contribution in [0.1, 0.15) is 44.9 Å². The lowest BCUT2D eigenvalue weighted by molar-refractivity contribution is 0.337. The van der Waals surface area contributed by atoms with Crippen LogP contribution in [0, 0.1) is 0 Å². The molecule has 2 aliphatic rings. The minimum Gasteiger partial charge on any atom is -0.369 e. The van der Waals surface area contributed by atoms with Crippen LogP contribution in [0.3, 0.4) is 0 Å². The maximum atomic E-state index is 6.39. The molecule has 20 heavy (non-hydrogen) atoms. The normalized spacial score (nSPS) is 22.4. The van der Waals surface area contributed by atoms with Crippen LogP contribution in [0.2, 0.25) is 5.02 Å². The van der Waals surface area contributed by atoms with Crippen LogP contribution in [0.15, 0.2) is 29.3 Å². The Balaban J connectivity index is 1.96. The molecule has 0 bridgehead atoms. The fourth-order valence-electron chi connectivity index (χ4n) is 3.57. The Kier molecular flexibility index (Phi) is 3.88. The minimum absolute atomic E-state index is 0.0511. The molecule has 0 amide bonds. The molecule has 1 aromatic carbocycles. The van der Waals surface area contributed by atoms with Gasteiger partial charge in [-0.25, -0.2) is 0 Å². The van der Waals surface area contributed by atoms with Gasteiger partial charge in [0.25, 0.3) is 0 Å². The third-order valence-corrected chi connectivity index (χ3v) is 4.94. The van der Waals surface area contributed by atoms with Crippen molar-refractivity contribution < 1.29 is 0 Å². The van der Waals surface area contributed by atoms with Crippen LogP contribution in [0.5, 0.6) is 0 Å². The molecule has 1 saturated carbocycles. The number of anilines is 1. The Morgan fingerprint density at radius 3 is 2.40 bits per heavy atom. The molecular weight excluding hydrogens is 270 g/mol. The van der Waals surface area contributed by atoms with Crippen molar-refractivity contribution in [2.45, 2.75) is 50.5 Å². The summed E-state index contributed by atoms with van der Waals surface area (Å²) < 4.78 is 0. The molecule has 0 aromatic heterocycles. The molecule has 1 aliphatic heterocycles. The first-order chi connectivity index (χ1) is 9.73. The molecule has 1 spiro atoms. The largest absolute Gasteiger partial charge is 0.369 e. The molecule has 0 radical (unpaired) electrons. The topological polar surface area (TPSA) is 41.6 Å². The molecule has 1 aliphatic carbocycles. The number of para-hydroxylation sites is 1. The molecule has 3 rings (SSSR count). The molecule has 2 N–H and O–H groups in total. The highest BCUT2D eigenvalue weighted by molar-refractivity contribution is 6.34. The summed E-state index contributed by atoms with van der Waals surface area (Å²) in [6, 6.07) is 7.96. The van der Waals surface area contributed by atoms with Gasteiger partial charge in [-0.1, -0.05) is 55.8 Å². The van der Waals surface area contributed by atoms with E-state index in [2.05, 4.69) is 16.0 Å². The van der Waals surface area contributed by atoms with E-state index in [1.165, 1.54) is 32.1 Å². The zero-order valence-corrected chi connectivity index (χ0v) is 12.6. The second kappa shape index (κ2) is 5.65. The maximum Gasteiger partial charge on any atom is 0.196 e. The first kappa shape index (κ1) is 13.7. The molecule has 3 nitrogen and oxygen atoms in total. The lowest BCUT2D eigenvalue weighted by atomic mass is 9.83. The summed E-state index contributed by atoms with van der Waals surface area (Å²) in [5, 5.41) is 0.758. The van der Waals surface area contributed by atoms with Crippen molar-refractivity contribution in [1.82, 2.24) is 0 Å². The van der Waals surface area contributed by atoms with Crippen LogP contribution < -0.4 is 10.6 Å². The Labute approximate surface area is 125 Å². The zero-order valence-electron chi connectivity index (χ0n) is 11.8. The predicted molar refractivity (Wildman–Crippen MR) is 85.5 cm³/mol. The number of guanidine groups is 1. The van der Waals surface area contributed by atoms with Crippen LogP contribution in [-0.4, -0.2) is 18.0 Å². The number of aliphatic imine (C=N–C) groups is 1. The van der Waals surface area contributed by atoms with E-state index in [9.17, 15) is 0 Å². The summed E-state index contributed by atoms with van der Waals surface area (Å²) in [6.45, 7) is 0.810. The van der Waals surface area contributed by atoms with E-state index >= 15 is 0 Å². The van der Waals surface area contributed by atoms with Gasteiger partial charge in [-0.2, -0.15) is 0 Å². The van der Waals surface area contributed by atoms with Gasteiger partial charge < -0.3 is 10.6 Å². The highest BCUT2D eigenvalue weighted by atomic mass is 35.5. The van der Waals surface area contributed by atoms with Crippen LogP contribution in [-0.2, 0) is 0 Å². The van der Waals surface area contributed by atoms with Gasteiger partial charge >= 0.3 is 0 Å². The average Bonchev–Trinajstić information content (AvgIpc) is 2.73. The average molecular weight is 292 g/mol. The van der Waals surface area contributed by atoms with Gasteiger partial charge in [0.1, 0.15) is 0 Å². The maximum absolute atomic E-state index is 6.39. The first-order valence-corrected chi connectivity index (χ1v) is 7.95. The number of nitrogens with two attached hydrogens (primary N) is 1. The molecular formula is C16H22ClN3. The van der Waals surface area contributed by atoms with Gasteiger partial charge in [0, 0.05) is 0 Å². The van der Waals surface area contributed by atoms with E-state index in [1.807, 2.05) is 18.2 Å². The number of halogens is 1. The molecule has 0 unspecified atom stereocenters. The monoisotopic (exact) mass is 291 g/mol. The SMILES string of the molecule is NC1=NCC2(CCCCCCC2)N1c1ccccc1Cl. The Morgan fingerprint density at radius 2 is 1.70 bits per heavy atom. The lowest BCUT2D eigenvalue weighted by Gasteiger charge is -2.41. The standard InChI is InChI=1S/C16H22ClN3/c17-13-8-4-5-9-14(13)20-15(18)19-12-16(20)10-6-2-1-3-7-11-16/h4-5,8-9H,1-3,6-7,10-12H2,(H2,18,19). The summed E-state index contributed by atoms with van der Waals surface area (Å²) in [4.78, 5) is 6.75. The fraction of sp³-hybridized carbons (Fsp3) is 0.562. The Bertz CT molecular complexity index is 504. The second-order valence-corrected chi connectivity index (χ2v) is 6.36. The van der Waals surface area contributed by atoms with E-state index in [0.29, 0.717) is 5.96 Å². The van der Waals surface area contributed by atoms with Crippen molar-refractivity contribution in [3.05, 3.63) is 29.3 Å². The van der Waals surface area contributed by atoms with Gasteiger partial charge in [0.2, 0.25) is 0 Å². The molecule has 1 aromatic rings. The van der Waals surface area contributed by atoms with E-state index in [4.69, 9.17) is 17.3 Å². The number of benzene rings is 1. The molecule has 4 heteroatoms. The van der Waals surface area contributed by atoms with Crippen molar-refractivity contribution >= 4 is 23.2 Å². The molecule has 1 fully saturated rings. The van der Waals surface area contributed by atoms with Gasteiger partial charge in [0.15, 0.2) is 5.96 Å². The van der Waals surface area contributed by atoms with E-state index in [1.54, 1.807) is 0 Å². The lowest BCUT2D eigenvalue weighted by Crippen LogP contribution is -2.52. The minimum atomic E-state index is 0.0511. The summed E-state index contributed by atoms with van der Waals surface area (Å²) in [5.41, 5.74) is 7.25. The quantitative estimate of drug-likeness (QED) is 0.851. The fourth-order valence-corrected chi connectivity index (χ4v) is 3.79. The zero-order chi connectivity index (χ0) is 14.0. The molecule has 108 valence electrons. The van der Waals surface area contributed by atoms with Gasteiger partial charge in [-0.05, 0) is 25.0 Å². The van der Waals surface area contributed by atoms with Crippen molar-refractivity contribution in [2.24, 2.45) is 10.7 Å². The highest BCUT2D eigenvalue weighted by Gasteiger charge is 2.43. The second-order valence-electron chi connectivity index (χ2n) is 5.95. The number of nitrogens with zero attached hydrogens (tertiary/aromatic N) is 2. The van der Waals surface area contributed by atoms with E-state index in [0.717, 1.165) is 30.1 Å². The van der Waals surface area contributed by atoms with Gasteiger partial charge in [-0.3, -0.25) is 4.99 Å². The van der Waals surface area contributed by atoms with Crippen LogP contribution >= 0.6 is 11.6 Å². The van der Waals surface area contributed by atoms with Crippen molar-refractivity contribution in [1.29, 1.82) is 0 Å². The third-order valence-electron chi connectivity index (χ3n) is 4.62. The smallest absolute Gasteiger partial charge is 0.196 e. The molecule has 0 atom stereocenters. The Hall–Kier alpha value is -1.22. The summed E-state index contributed by atoms with van der Waals surface area (Å²) in [6.07, 6.45) is 8.81. The summed E-state index contributed by atoms with van der Waals surface area (Å²) >= 11 is 6.39. The number of rotatable bonds is 1. The van der Waals surface area contributed by atoms with Gasteiger partial charge in [-0.15, -0.1) is 0 Å². The van der Waals surface area contributed by atoms with Crippen molar-refractivity contribution in [3.8, 4) is 0 Å². The highest BCUT2D eigenvalue weighted by Crippen LogP contribution is 2.40. The molecule has 0 saturated heterocycles. The summed E-state index contributed by atoms with van der Waals surface area (Å²) in [7, 11) is 0. The Morgan fingerprint density at radius 1 is 1.05 bits per heavy atom. The third kappa shape index (κ3) is 2.39. The van der Waals surface area contributed by atoms with Crippen LogP contribution in [0.25, 0.3) is 0 Å². The van der Waals surface area contributed by atoms with Crippen molar-refractivity contribution in [2.75, 3.05) is 11.4 Å². The van der Waals surface area contributed by atoms with Gasteiger partial charge in [0.05, 0.1) is 22.8 Å². The number of hydrogen-bond acceptors (Lipinski definition) is 3. The summed E-state index contributed by atoms with van der Waals surface area (Å²) in [5.74, 6) is 0.624. The van der Waals surface area contributed by atoms with Crippen LogP contribution in [0.4, 0.5) is 5.69 Å².